The fourth-order valence-corrected chi connectivity index (χ4v) is 2.60. The Hall–Kier alpha value is -2.73. The molecule has 0 aromatic heterocycles. The monoisotopic (exact) mass is 390 g/mol. The highest BCUT2D eigenvalue weighted by molar-refractivity contribution is 6.30. The van der Waals surface area contributed by atoms with Crippen LogP contribution in [0.2, 0.25) is 5.02 Å². The van der Waals surface area contributed by atoms with Crippen LogP contribution >= 0.6 is 11.6 Å². The van der Waals surface area contributed by atoms with Crippen LogP contribution in [0.1, 0.15) is 18.4 Å². The van der Waals surface area contributed by atoms with Crippen LogP contribution in [0.25, 0.3) is 0 Å². The molecule has 0 radical (unpaired) electrons. The van der Waals surface area contributed by atoms with E-state index in [4.69, 9.17) is 21.1 Å². The van der Waals surface area contributed by atoms with Gasteiger partial charge in [-0.1, -0.05) is 17.7 Å². The summed E-state index contributed by atoms with van der Waals surface area (Å²) in [6, 6.07) is 12.3. The van der Waals surface area contributed by atoms with Gasteiger partial charge in [-0.2, -0.15) is 0 Å². The zero-order chi connectivity index (χ0) is 19.6. The van der Waals surface area contributed by atoms with Gasteiger partial charge in [0.1, 0.15) is 0 Å². The second-order valence-electron chi connectivity index (χ2n) is 5.87. The lowest BCUT2D eigenvalue weighted by atomic mass is 10.1. The largest absolute Gasteiger partial charge is 0.493 e. The highest BCUT2D eigenvalue weighted by atomic mass is 35.5. The van der Waals surface area contributed by atoms with Crippen molar-refractivity contribution in [3.63, 3.8) is 0 Å². The Kier molecular flexibility index (Phi) is 7.95. The van der Waals surface area contributed by atoms with Crippen LogP contribution in [0, 0.1) is 0 Å². The van der Waals surface area contributed by atoms with E-state index in [1.54, 1.807) is 50.6 Å². The average molecular weight is 391 g/mol. The lowest BCUT2D eigenvalue weighted by Gasteiger charge is -2.10. The molecule has 2 N–H and O–H groups in total. The van der Waals surface area contributed by atoms with Gasteiger partial charge in [0, 0.05) is 23.7 Å². The third-order valence-electron chi connectivity index (χ3n) is 3.84. The van der Waals surface area contributed by atoms with Crippen LogP contribution in [0.3, 0.4) is 0 Å². The van der Waals surface area contributed by atoms with E-state index in [0.717, 1.165) is 5.56 Å². The molecule has 7 heteroatoms. The molecule has 144 valence electrons. The van der Waals surface area contributed by atoms with Gasteiger partial charge in [0.05, 0.1) is 20.6 Å². The van der Waals surface area contributed by atoms with Crippen molar-refractivity contribution in [1.82, 2.24) is 5.32 Å². The number of methoxy groups -OCH3 is 2. The summed E-state index contributed by atoms with van der Waals surface area (Å²) in [5.41, 5.74) is 1.52. The molecule has 0 saturated carbocycles. The maximum Gasteiger partial charge on any atom is 0.224 e. The zero-order valence-corrected chi connectivity index (χ0v) is 16.1. The van der Waals surface area contributed by atoms with Gasteiger partial charge >= 0.3 is 0 Å². The van der Waals surface area contributed by atoms with Crippen LogP contribution in [-0.4, -0.2) is 32.6 Å². The van der Waals surface area contributed by atoms with Crippen LogP contribution in [0.4, 0.5) is 5.69 Å². The first-order valence-corrected chi connectivity index (χ1v) is 8.92. The van der Waals surface area contributed by atoms with Gasteiger partial charge in [0.25, 0.3) is 0 Å². The van der Waals surface area contributed by atoms with E-state index in [2.05, 4.69) is 10.6 Å². The van der Waals surface area contributed by atoms with Gasteiger partial charge in [-0.3, -0.25) is 9.59 Å². The first-order chi connectivity index (χ1) is 13.0. The number of carbonyl (C=O) groups is 2. The Bertz CT molecular complexity index is 778. The minimum absolute atomic E-state index is 0.105. The summed E-state index contributed by atoms with van der Waals surface area (Å²) < 4.78 is 10.4. The number of benzene rings is 2. The first kappa shape index (κ1) is 20.6. The molecule has 6 nitrogen and oxygen atoms in total. The third-order valence-corrected chi connectivity index (χ3v) is 4.10. The molecular weight excluding hydrogens is 368 g/mol. The van der Waals surface area contributed by atoms with Crippen molar-refractivity contribution < 1.29 is 19.1 Å². The van der Waals surface area contributed by atoms with Gasteiger partial charge in [-0.05, 0) is 48.4 Å². The molecule has 2 rings (SSSR count). The number of ether oxygens (including phenoxy) is 2. The van der Waals surface area contributed by atoms with Crippen molar-refractivity contribution in [2.45, 2.75) is 19.3 Å². The standard InChI is InChI=1S/C20H23ClN2O4/c1-26-17-10-5-14(12-18(17)27-2)13-20(25)22-11-3-4-19(24)23-16-8-6-15(21)7-9-16/h5-10,12H,3-4,11,13H2,1-2H3,(H,22,25)(H,23,24). The van der Waals surface area contributed by atoms with Gasteiger partial charge < -0.3 is 20.1 Å². The maximum absolute atomic E-state index is 12.0. The van der Waals surface area contributed by atoms with Crippen molar-refractivity contribution in [2.24, 2.45) is 0 Å². The van der Waals surface area contributed by atoms with E-state index >= 15 is 0 Å². The summed E-state index contributed by atoms with van der Waals surface area (Å²) in [4.78, 5) is 23.9. The molecular formula is C20H23ClN2O4. The molecule has 0 spiro atoms. The lowest BCUT2D eigenvalue weighted by molar-refractivity contribution is -0.121. The third kappa shape index (κ3) is 6.83. The van der Waals surface area contributed by atoms with Gasteiger partial charge in [-0.15, -0.1) is 0 Å². The molecule has 0 bridgehead atoms. The number of halogens is 1. The molecule has 0 aliphatic carbocycles. The number of hydrogen-bond acceptors (Lipinski definition) is 4. The highest BCUT2D eigenvalue weighted by Gasteiger charge is 2.09. The molecule has 0 saturated heterocycles. The van der Waals surface area contributed by atoms with Crippen LogP contribution < -0.4 is 20.1 Å². The van der Waals surface area contributed by atoms with Gasteiger partial charge in [-0.25, -0.2) is 0 Å². The first-order valence-electron chi connectivity index (χ1n) is 8.55. The Morgan fingerprint density at radius 1 is 0.963 bits per heavy atom. The lowest BCUT2D eigenvalue weighted by Crippen LogP contribution is -2.27. The summed E-state index contributed by atoms with van der Waals surface area (Å²) in [6.07, 6.45) is 1.10. The molecule has 0 atom stereocenters. The minimum atomic E-state index is -0.111. The minimum Gasteiger partial charge on any atom is -0.493 e. The summed E-state index contributed by atoms with van der Waals surface area (Å²) >= 11 is 5.80. The van der Waals surface area contributed by atoms with E-state index in [0.29, 0.717) is 41.6 Å². The molecule has 0 aliphatic rings. The van der Waals surface area contributed by atoms with Gasteiger partial charge in [0.15, 0.2) is 11.5 Å². The number of carbonyl (C=O) groups excluding carboxylic acids is 2. The second-order valence-corrected chi connectivity index (χ2v) is 6.31. The molecule has 27 heavy (non-hydrogen) atoms. The Balaban J connectivity index is 1.70. The molecule has 0 aliphatic heterocycles. The number of rotatable bonds is 9. The van der Waals surface area contributed by atoms with Crippen molar-refractivity contribution in [3.8, 4) is 11.5 Å². The number of amides is 2. The van der Waals surface area contributed by atoms with Crippen LogP contribution in [0.15, 0.2) is 42.5 Å². The summed E-state index contributed by atoms with van der Waals surface area (Å²) in [7, 11) is 3.12. The molecule has 0 heterocycles. The number of anilines is 1. The topological polar surface area (TPSA) is 76.7 Å². The fourth-order valence-electron chi connectivity index (χ4n) is 2.47. The molecule has 0 fully saturated rings. The van der Waals surface area contributed by atoms with E-state index in [9.17, 15) is 9.59 Å². The Morgan fingerprint density at radius 3 is 2.33 bits per heavy atom. The summed E-state index contributed by atoms with van der Waals surface area (Å²) in [5.74, 6) is 0.988. The van der Waals surface area contributed by atoms with E-state index < -0.39 is 0 Å². The smallest absolute Gasteiger partial charge is 0.224 e. The Morgan fingerprint density at radius 2 is 1.67 bits per heavy atom. The van der Waals surface area contributed by atoms with Crippen molar-refractivity contribution in [1.29, 1.82) is 0 Å². The quantitative estimate of drug-likeness (QED) is 0.643. The SMILES string of the molecule is COc1ccc(CC(=O)NCCCC(=O)Nc2ccc(Cl)cc2)cc1OC. The van der Waals surface area contributed by atoms with Crippen LogP contribution in [0.5, 0.6) is 11.5 Å². The average Bonchev–Trinajstić information content (AvgIpc) is 2.67. The maximum atomic E-state index is 12.0. The molecule has 0 unspecified atom stereocenters. The van der Waals surface area contributed by atoms with Crippen molar-refractivity contribution >= 4 is 29.1 Å². The predicted octanol–water partition coefficient (Wildman–Crippen LogP) is 3.43. The van der Waals surface area contributed by atoms with Crippen LogP contribution in [-0.2, 0) is 16.0 Å². The zero-order valence-electron chi connectivity index (χ0n) is 15.4. The molecule has 2 aromatic rings. The van der Waals surface area contributed by atoms with E-state index in [1.165, 1.54) is 0 Å². The van der Waals surface area contributed by atoms with Gasteiger partial charge in [0.2, 0.25) is 11.8 Å². The number of nitrogens with one attached hydrogen (secondary N) is 2. The summed E-state index contributed by atoms with van der Waals surface area (Å²) in [5, 5.41) is 6.22. The molecule has 2 aromatic carbocycles. The van der Waals surface area contributed by atoms with Crippen molar-refractivity contribution in [2.75, 3.05) is 26.1 Å². The summed E-state index contributed by atoms with van der Waals surface area (Å²) in [6.45, 7) is 0.431. The van der Waals surface area contributed by atoms with E-state index in [-0.39, 0.29) is 18.2 Å². The van der Waals surface area contributed by atoms with Crippen molar-refractivity contribution in [3.05, 3.63) is 53.1 Å². The second kappa shape index (κ2) is 10.4. The normalized spacial score (nSPS) is 10.2. The number of hydrogen-bond donors (Lipinski definition) is 2. The predicted molar refractivity (Wildman–Crippen MR) is 106 cm³/mol. The fraction of sp³-hybridized carbons (Fsp3) is 0.300. The Labute approximate surface area is 163 Å². The molecule has 2 amide bonds. The highest BCUT2D eigenvalue weighted by Crippen LogP contribution is 2.27. The van der Waals surface area contributed by atoms with E-state index in [1.807, 2.05) is 6.07 Å².